The molecule has 0 atom stereocenters. The Morgan fingerprint density at radius 3 is 2.65 bits per heavy atom. The fraction of sp³-hybridized carbons (Fsp3) is 0.235. The number of aromatic nitrogens is 3. The third-order valence-electron chi connectivity index (χ3n) is 3.83. The van der Waals surface area contributed by atoms with E-state index in [-0.39, 0.29) is 0 Å². The zero-order valence-electron chi connectivity index (χ0n) is 13.2. The standard InChI is InChI=1S/C17H19N5O/c1-11-12(2)20-17-14(11)16(19-9-8-18-10-23)21-15(22-17)13-6-4-3-5-7-13/h3-7,10H,8-9H2,1-2H3,(H,18,23)(H2,19,20,21,22). The molecule has 3 rings (SSSR count). The van der Waals surface area contributed by atoms with Crippen molar-refractivity contribution in [3.8, 4) is 11.4 Å². The molecule has 6 nitrogen and oxygen atoms in total. The van der Waals surface area contributed by atoms with E-state index in [1.165, 1.54) is 0 Å². The maximum absolute atomic E-state index is 10.4. The van der Waals surface area contributed by atoms with Crippen LogP contribution in [0.2, 0.25) is 0 Å². The van der Waals surface area contributed by atoms with E-state index in [1.54, 1.807) is 0 Å². The summed E-state index contributed by atoms with van der Waals surface area (Å²) in [5, 5.41) is 6.93. The molecule has 1 amide bonds. The third kappa shape index (κ3) is 3.01. The number of nitrogens with one attached hydrogen (secondary N) is 3. The number of aromatic amines is 1. The molecule has 3 N–H and O–H groups in total. The van der Waals surface area contributed by atoms with Gasteiger partial charge in [-0.1, -0.05) is 30.3 Å². The minimum absolute atomic E-state index is 0.540. The lowest BCUT2D eigenvalue weighted by Crippen LogP contribution is -2.21. The molecule has 0 spiro atoms. The van der Waals surface area contributed by atoms with Crippen molar-refractivity contribution in [2.24, 2.45) is 0 Å². The number of aryl methyl sites for hydroxylation is 2. The first kappa shape index (κ1) is 15.0. The maximum Gasteiger partial charge on any atom is 0.207 e. The summed E-state index contributed by atoms with van der Waals surface area (Å²) in [4.78, 5) is 23.0. The van der Waals surface area contributed by atoms with E-state index in [0.29, 0.717) is 25.3 Å². The van der Waals surface area contributed by atoms with Crippen molar-refractivity contribution in [2.75, 3.05) is 18.4 Å². The average Bonchev–Trinajstić information content (AvgIpc) is 2.87. The van der Waals surface area contributed by atoms with Gasteiger partial charge in [-0.3, -0.25) is 4.79 Å². The number of rotatable bonds is 6. The van der Waals surface area contributed by atoms with Crippen LogP contribution >= 0.6 is 0 Å². The van der Waals surface area contributed by atoms with Gasteiger partial charge < -0.3 is 15.6 Å². The first-order chi connectivity index (χ1) is 11.2. The van der Waals surface area contributed by atoms with Crippen molar-refractivity contribution in [1.82, 2.24) is 20.3 Å². The molecule has 2 heterocycles. The van der Waals surface area contributed by atoms with Crippen LogP contribution in [-0.4, -0.2) is 34.5 Å². The SMILES string of the molecule is Cc1[nH]c2nc(-c3ccccc3)nc(NCCNC=O)c2c1C. The number of fused-ring (bicyclic) bond motifs is 1. The predicted molar refractivity (Wildman–Crippen MR) is 91.4 cm³/mol. The molecule has 1 aromatic carbocycles. The summed E-state index contributed by atoms with van der Waals surface area (Å²) in [5.74, 6) is 1.45. The number of benzene rings is 1. The summed E-state index contributed by atoms with van der Waals surface area (Å²) >= 11 is 0. The molecule has 3 aromatic rings. The molecule has 2 aromatic heterocycles. The van der Waals surface area contributed by atoms with Crippen molar-refractivity contribution < 1.29 is 4.79 Å². The molecule has 0 saturated carbocycles. The minimum atomic E-state index is 0.540. The lowest BCUT2D eigenvalue weighted by atomic mass is 10.2. The Balaban J connectivity index is 2.05. The summed E-state index contributed by atoms with van der Waals surface area (Å²) in [6.45, 7) is 5.21. The second-order valence-corrected chi connectivity index (χ2v) is 5.36. The number of carbonyl (C=O) groups is 1. The Hall–Kier alpha value is -2.89. The number of nitrogens with zero attached hydrogens (tertiary/aromatic N) is 2. The highest BCUT2D eigenvalue weighted by Gasteiger charge is 2.14. The molecule has 118 valence electrons. The largest absolute Gasteiger partial charge is 0.368 e. The summed E-state index contributed by atoms with van der Waals surface area (Å²) in [5.41, 5.74) is 3.99. The van der Waals surface area contributed by atoms with Crippen LogP contribution in [-0.2, 0) is 4.79 Å². The minimum Gasteiger partial charge on any atom is -0.368 e. The number of hydrogen-bond donors (Lipinski definition) is 3. The van der Waals surface area contributed by atoms with Crippen LogP contribution < -0.4 is 10.6 Å². The van der Waals surface area contributed by atoms with Crippen molar-refractivity contribution in [3.63, 3.8) is 0 Å². The summed E-state index contributed by atoms with van der Waals surface area (Å²) in [6.07, 6.45) is 0.693. The van der Waals surface area contributed by atoms with E-state index in [1.807, 2.05) is 37.3 Å². The Morgan fingerprint density at radius 1 is 1.13 bits per heavy atom. The van der Waals surface area contributed by atoms with Gasteiger partial charge in [0.2, 0.25) is 6.41 Å². The number of H-pyrrole nitrogens is 1. The molecule has 0 aliphatic heterocycles. The van der Waals surface area contributed by atoms with Gasteiger partial charge in [-0.15, -0.1) is 0 Å². The van der Waals surface area contributed by atoms with Gasteiger partial charge in [0.25, 0.3) is 0 Å². The van der Waals surface area contributed by atoms with Crippen molar-refractivity contribution in [1.29, 1.82) is 0 Å². The van der Waals surface area contributed by atoms with Gasteiger partial charge in [-0.2, -0.15) is 0 Å². The molecule has 0 saturated heterocycles. The highest BCUT2D eigenvalue weighted by molar-refractivity contribution is 5.92. The van der Waals surface area contributed by atoms with Gasteiger partial charge in [0.1, 0.15) is 11.5 Å². The van der Waals surface area contributed by atoms with Crippen LogP contribution in [0.4, 0.5) is 5.82 Å². The van der Waals surface area contributed by atoms with Crippen molar-refractivity contribution in [2.45, 2.75) is 13.8 Å². The molecule has 0 bridgehead atoms. The van der Waals surface area contributed by atoms with Gasteiger partial charge in [-0.05, 0) is 19.4 Å². The first-order valence-electron chi connectivity index (χ1n) is 7.54. The lowest BCUT2D eigenvalue weighted by molar-refractivity contribution is -0.109. The quantitative estimate of drug-likeness (QED) is 0.482. The molecular formula is C17H19N5O. The number of amides is 1. The predicted octanol–water partition coefficient (Wildman–Crippen LogP) is 2.40. The fourth-order valence-corrected chi connectivity index (χ4v) is 2.52. The topological polar surface area (TPSA) is 82.7 Å². The van der Waals surface area contributed by atoms with Gasteiger partial charge in [0.15, 0.2) is 5.82 Å². The van der Waals surface area contributed by atoms with E-state index in [0.717, 1.165) is 33.7 Å². The summed E-state index contributed by atoms with van der Waals surface area (Å²) in [7, 11) is 0. The second kappa shape index (κ2) is 6.48. The molecule has 0 aliphatic rings. The lowest BCUT2D eigenvalue weighted by Gasteiger charge is -2.09. The van der Waals surface area contributed by atoms with E-state index in [4.69, 9.17) is 0 Å². The van der Waals surface area contributed by atoms with Crippen LogP contribution in [0.1, 0.15) is 11.3 Å². The Labute approximate surface area is 134 Å². The monoisotopic (exact) mass is 309 g/mol. The molecule has 0 aliphatic carbocycles. The van der Waals surface area contributed by atoms with Gasteiger partial charge in [0, 0.05) is 24.3 Å². The van der Waals surface area contributed by atoms with Crippen LogP contribution in [0.3, 0.4) is 0 Å². The summed E-state index contributed by atoms with van der Waals surface area (Å²) < 4.78 is 0. The Bertz CT molecular complexity index is 826. The van der Waals surface area contributed by atoms with Gasteiger partial charge in [0.05, 0.1) is 5.39 Å². The second-order valence-electron chi connectivity index (χ2n) is 5.36. The zero-order valence-corrected chi connectivity index (χ0v) is 13.2. The van der Waals surface area contributed by atoms with E-state index in [9.17, 15) is 4.79 Å². The average molecular weight is 309 g/mol. The van der Waals surface area contributed by atoms with E-state index >= 15 is 0 Å². The number of carbonyl (C=O) groups excluding carboxylic acids is 1. The van der Waals surface area contributed by atoms with Crippen LogP contribution in [0.15, 0.2) is 30.3 Å². The maximum atomic E-state index is 10.4. The number of hydrogen-bond acceptors (Lipinski definition) is 4. The third-order valence-corrected chi connectivity index (χ3v) is 3.83. The highest BCUT2D eigenvalue weighted by Crippen LogP contribution is 2.28. The van der Waals surface area contributed by atoms with Crippen LogP contribution in [0.25, 0.3) is 22.4 Å². The van der Waals surface area contributed by atoms with Crippen molar-refractivity contribution in [3.05, 3.63) is 41.6 Å². The normalized spacial score (nSPS) is 10.7. The molecule has 6 heteroatoms. The zero-order chi connectivity index (χ0) is 16.2. The van der Waals surface area contributed by atoms with Crippen LogP contribution in [0, 0.1) is 13.8 Å². The van der Waals surface area contributed by atoms with E-state index in [2.05, 4.69) is 32.5 Å². The van der Waals surface area contributed by atoms with Crippen molar-refractivity contribution >= 4 is 23.3 Å². The smallest absolute Gasteiger partial charge is 0.207 e. The fourth-order valence-electron chi connectivity index (χ4n) is 2.52. The molecule has 23 heavy (non-hydrogen) atoms. The first-order valence-corrected chi connectivity index (χ1v) is 7.54. The summed E-state index contributed by atoms with van der Waals surface area (Å²) in [6, 6.07) is 9.88. The number of anilines is 1. The molecule has 0 radical (unpaired) electrons. The Kier molecular flexibility index (Phi) is 4.23. The molecule has 0 fully saturated rings. The highest BCUT2D eigenvalue weighted by atomic mass is 16.1. The van der Waals surface area contributed by atoms with Gasteiger partial charge in [-0.25, -0.2) is 9.97 Å². The Morgan fingerprint density at radius 2 is 1.91 bits per heavy atom. The van der Waals surface area contributed by atoms with E-state index < -0.39 is 0 Å². The van der Waals surface area contributed by atoms with Gasteiger partial charge >= 0.3 is 0 Å². The molecule has 0 unspecified atom stereocenters. The van der Waals surface area contributed by atoms with Crippen LogP contribution in [0.5, 0.6) is 0 Å². The molecular weight excluding hydrogens is 290 g/mol.